The van der Waals surface area contributed by atoms with Crippen LogP contribution in [0.2, 0.25) is 0 Å². The Kier molecular flexibility index (Phi) is 9.60. The number of ether oxygens (including phenoxy) is 2. The zero-order chi connectivity index (χ0) is 30.3. The van der Waals surface area contributed by atoms with E-state index in [1.54, 1.807) is 42.5 Å². The number of hydrogen-bond donors (Lipinski definition) is 4. The van der Waals surface area contributed by atoms with E-state index in [9.17, 15) is 29.9 Å². The number of azide groups is 1. The molecule has 16 nitrogen and oxygen atoms in total. The van der Waals surface area contributed by atoms with Crippen molar-refractivity contribution in [1.82, 2.24) is 14.6 Å². The van der Waals surface area contributed by atoms with Gasteiger partial charge in [0.05, 0.1) is 6.61 Å². The number of carbonyl (C=O) groups excluding carboxylic acids is 1. The summed E-state index contributed by atoms with van der Waals surface area (Å²) in [7, 11) is -4.52. The number of aliphatic hydroxyl groups excluding tert-OH is 2. The van der Waals surface area contributed by atoms with Gasteiger partial charge >= 0.3 is 19.4 Å². The monoisotopic (exact) mass is 601 g/mol. The first kappa shape index (κ1) is 30.7. The molecule has 2 aromatic carbocycles. The summed E-state index contributed by atoms with van der Waals surface area (Å²) in [6.45, 7) is 0.364. The standard InChI is InChI=1S/C25H28N7O9P/c1-16(23(35)38-14-17-8-4-2-5-9-17)29-42(37,41-18-10-6-3-7-11-18)39-15-25(30-31-27)21(34)20(33)22(40-25)32-13-12-19(26)28-24(32)36/h2-13,16,20-22,33-34H,14-15H2,1H3,(H,29,37)(H2,26,28,36)/t16-,20-,21+,22-,25?,42?/m1/s1. The van der Waals surface area contributed by atoms with Crippen LogP contribution >= 0.6 is 7.75 Å². The smallest absolute Gasteiger partial charge is 0.459 e. The molecule has 2 unspecified atom stereocenters. The number of carbonyl (C=O) groups is 1. The minimum atomic E-state index is -4.52. The topological polar surface area (TPSA) is 233 Å². The van der Waals surface area contributed by atoms with Crippen LogP contribution in [0.4, 0.5) is 5.82 Å². The van der Waals surface area contributed by atoms with E-state index in [4.69, 9.17) is 24.3 Å². The number of anilines is 1. The molecule has 1 fully saturated rings. The predicted molar refractivity (Wildman–Crippen MR) is 146 cm³/mol. The molecule has 222 valence electrons. The molecule has 0 aliphatic carbocycles. The molecule has 42 heavy (non-hydrogen) atoms. The highest BCUT2D eigenvalue weighted by Crippen LogP contribution is 2.48. The van der Waals surface area contributed by atoms with Gasteiger partial charge in [0.15, 0.2) is 6.23 Å². The largest absolute Gasteiger partial charge is 0.460 e. The lowest BCUT2D eigenvalue weighted by atomic mass is 10.1. The molecule has 0 amide bonds. The minimum Gasteiger partial charge on any atom is -0.460 e. The van der Waals surface area contributed by atoms with Crippen molar-refractivity contribution in [3.8, 4) is 5.75 Å². The van der Waals surface area contributed by atoms with E-state index in [0.717, 1.165) is 16.3 Å². The van der Waals surface area contributed by atoms with Gasteiger partial charge in [0, 0.05) is 11.1 Å². The summed E-state index contributed by atoms with van der Waals surface area (Å²) in [6, 6.07) is 16.7. The van der Waals surface area contributed by atoms with Gasteiger partial charge in [0.2, 0.25) is 5.72 Å². The molecule has 0 spiro atoms. The molecule has 4 rings (SSSR count). The molecule has 17 heteroatoms. The maximum Gasteiger partial charge on any atom is 0.459 e. The van der Waals surface area contributed by atoms with Crippen molar-refractivity contribution in [1.29, 1.82) is 0 Å². The van der Waals surface area contributed by atoms with E-state index in [1.807, 2.05) is 6.07 Å². The second kappa shape index (κ2) is 13.1. The summed E-state index contributed by atoms with van der Waals surface area (Å²) in [4.78, 5) is 31.3. The van der Waals surface area contributed by atoms with Crippen LogP contribution in [0, 0.1) is 0 Å². The minimum absolute atomic E-state index is 0.0466. The Morgan fingerprint density at radius 1 is 1.24 bits per heavy atom. The molecule has 0 bridgehead atoms. The van der Waals surface area contributed by atoms with Crippen LogP contribution < -0.4 is 21.0 Å². The highest BCUT2D eigenvalue weighted by Gasteiger charge is 2.56. The zero-order valence-corrected chi connectivity index (χ0v) is 23.1. The summed E-state index contributed by atoms with van der Waals surface area (Å²) in [5, 5.41) is 27.5. The Labute approximate surface area is 238 Å². The molecular formula is C25H28N7O9P. The summed E-state index contributed by atoms with van der Waals surface area (Å²) in [6.07, 6.45) is -4.23. The number of benzene rings is 2. The van der Waals surface area contributed by atoms with Crippen LogP contribution in [0.5, 0.6) is 5.75 Å². The van der Waals surface area contributed by atoms with Crippen molar-refractivity contribution in [2.24, 2.45) is 5.11 Å². The van der Waals surface area contributed by atoms with E-state index in [2.05, 4.69) is 20.1 Å². The molecule has 1 aliphatic heterocycles. The van der Waals surface area contributed by atoms with E-state index in [-0.39, 0.29) is 18.2 Å². The number of nitrogens with one attached hydrogen (secondary N) is 1. The van der Waals surface area contributed by atoms with Gasteiger partial charge in [0.1, 0.15) is 36.4 Å². The van der Waals surface area contributed by atoms with E-state index < -0.39 is 56.2 Å². The molecule has 5 N–H and O–H groups in total. The highest BCUT2D eigenvalue weighted by molar-refractivity contribution is 7.52. The Morgan fingerprint density at radius 3 is 2.55 bits per heavy atom. The SMILES string of the molecule is C[C@@H](NP(=O)(OCC1(N=[N+]=[N-])O[C@@H](n2ccc(N)nc2=O)[C@H](O)[C@@H]1O)Oc1ccccc1)C(=O)OCc1ccccc1. The maximum atomic E-state index is 13.9. The number of rotatable bonds is 12. The van der Waals surface area contributed by atoms with Crippen molar-refractivity contribution in [3.05, 3.63) is 99.4 Å². The van der Waals surface area contributed by atoms with Crippen LogP contribution in [0.15, 0.2) is 82.8 Å². The van der Waals surface area contributed by atoms with Crippen LogP contribution in [0.1, 0.15) is 18.7 Å². The third kappa shape index (κ3) is 7.13. The molecule has 2 heterocycles. The van der Waals surface area contributed by atoms with Gasteiger partial charge in [-0.3, -0.25) is 13.9 Å². The highest BCUT2D eigenvalue weighted by atomic mass is 31.2. The number of hydrogen-bond acceptors (Lipinski definition) is 12. The number of aliphatic hydroxyl groups is 2. The summed E-state index contributed by atoms with van der Waals surface area (Å²) < 4.78 is 36.8. The molecule has 0 radical (unpaired) electrons. The van der Waals surface area contributed by atoms with E-state index in [1.165, 1.54) is 25.1 Å². The first-order chi connectivity index (χ1) is 20.1. The number of nitrogens with two attached hydrogens (primary N) is 1. The lowest BCUT2D eigenvalue weighted by molar-refractivity contribution is -0.146. The van der Waals surface area contributed by atoms with Crippen molar-refractivity contribution in [2.45, 2.75) is 43.7 Å². The van der Waals surface area contributed by atoms with Gasteiger partial charge in [-0.1, -0.05) is 53.6 Å². The predicted octanol–water partition coefficient (Wildman–Crippen LogP) is 2.01. The Hall–Kier alpha value is -4.27. The van der Waals surface area contributed by atoms with Gasteiger partial charge < -0.3 is 29.9 Å². The Morgan fingerprint density at radius 2 is 1.90 bits per heavy atom. The Bertz CT molecular complexity index is 1540. The van der Waals surface area contributed by atoms with Gasteiger partial charge in [-0.2, -0.15) is 10.1 Å². The second-order valence-corrected chi connectivity index (χ2v) is 10.8. The molecule has 6 atom stereocenters. The van der Waals surface area contributed by atoms with Crippen molar-refractivity contribution in [3.63, 3.8) is 0 Å². The molecule has 1 saturated heterocycles. The normalized spacial score (nSPS) is 23.7. The first-order valence-corrected chi connectivity index (χ1v) is 14.0. The van der Waals surface area contributed by atoms with Gasteiger partial charge in [0.25, 0.3) is 0 Å². The molecular weight excluding hydrogens is 573 g/mol. The fourth-order valence-corrected chi connectivity index (χ4v) is 5.46. The summed E-state index contributed by atoms with van der Waals surface area (Å²) >= 11 is 0. The maximum absolute atomic E-state index is 13.9. The third-order valence-electron chi connectivity index (χ3n) is 6.08. The van der Waals surface area contributed by atoms with Gasteiger partial charge in [-0.15, -0.1) is 0 Å². The van der Waals surface area contributed by atoms with Crippen LogP contribution in [-0.2, 0) is 30.0 Å². The quantitative estimate of drug-likeness (QED) is 0.0767. The van der Waals surface area contributed by atoms with Crippen molar-refractivity contribution < 1.29 is 38.1 Å². The molecule has 0 saturated carbocycles. The second-order valence-electron chi connectivity index (χ2n) is 9.14. The van der Waals surface area contributed by atoms with Crippen molar-refractivity contribution >= 4 is 19.5 Å². The zero-order valence-electron chi connectivity index (χ0n) is 22.2. The summed E-state index contributed by atoms with van der Waals surface area (Å²) in [5.74, 6) is -0.802. The van der Waals surface area contributed by atoms with Gasteiger partial charge in [-0.25, -0.2) is 9.36 Å². The molecule has 3 aromatic rings. The number of aromatic nitrogens is 2. The molecule has 1 aliphatic rings. The van der Waals surface area contributed by atoms with Gasteiger partial charge in [-0.05, 0) is 36.2 Å². The van der Waals surface area contributed by atoms with Crippen LogP contribution in [-0.4, -0.2) is 56.3 Å². The van der Waals surface area contributed by atoms with Crippen molar-refractivity contribution in [2.75, 3.05) is 12.3 Å². The molecule has 1 aromatic heterocycles. The van der Waals surface area contributed by atoms with E-state index in [0.29, 0.717) is 0 Å². The lowest BCUT2D eigenvalue weighted by Crippen LogP contribution is -2.45. The van der Waals surface area contributed by atoms with Crippen LogP contribution in [0.25, 0.3) is 10.4 Å². The number of nitrogen functional groups attached to an aromatic ring is 1. The number of esters is 1. The first-order valence-electron chi connectivity index (χ1n) is 12.5. The average molecular weight is 602 g/mol. The lowest BCUT2D eigenvalue weighted by Gasteiger charge is -2.29. The number of para-hydroxylation sites is 1. The average Bonchev–Trinajstić information content (AvgIpc) is 3.21. The third-order valence-corrected chi connectivity index (χ3v) is 7.71. The summed E-state index contributed by atoms with van der Waals surface area (Å²) in [5.41, 5.74) is 12.2. The Balaban J connectivity index is 1.55. The van der Waals surface area contributed by atoms with Crippen LogP contribution in [0.3, 0.4) is 0 Å². The number of nitrogens with zero attached hydrogens (tertiary/aromatic N) is 5. The fraction of sp³-hybridized carbons (Fsp3) is 0.320. The fourth-order valence-electron chi connectivity index (χ4n) is 3.95. The van der Waals surface area contributed by atoms with E-state index >= 15 is 0 Å².